The van der Waals surface area contributed by atoms with E-state index in [1.807, 2.05) is 13.0 Å². The lowest BCUT2D eigenvalue weighted by atomic mass is 10.1. The van der Waals surface area contributed by atoms with Crippen LogP contribution in [0.25, 0.3) is 0 Å². The van der Waals surface area contributed by atoms with Crippen LogP contribution < -0.4 is 10.0 Å². The molecule has 1 heterocycles. The van der Waals surface area contributed by atoms with E-state index in [9.17, 15) is 18.0 Å². The van der Waals surface area contributed by atoms with E-state index >= 15 is 0 Å². The molecule has 4 rings (SSSR count). The number of hydrogen-bond acceptors (Lipinski definition) is 4. The van der Waals surface area contributed by atoms with Gasteiger partial charge >= 0.3 is 0 Å². The quantitative estimate of drug-likeness (QED) is 0.673. The number of likely N-dealkylation sites (tertiary alicyclic amines) is 1. The third-order valence-electron chi connectivity index (χ3n) is 6.51. The Kier molecular flexibility index (Phi) is 6.74. The van der Waals surface area contributed by atoms with E-state index in [1.165, 1.54) is 6.07 Å². The molecule has 0 spiro atoms. The summed E-state index contributed by atoms with van der Waals surface area (Å²) in [6.45, 7) is 4.10. The Bertz CT molecular complexity index is 1160. The molecule has 1 atom stereocenters. The molecular weight excluding hydrogens is 438 g/mol. The van der Waals surface area contributed by atoms with Crippen LogP contribution in [0, 0.1) is 13.8 Å². The van der Waals surface area contributed by atoms with Crippen LogP contribution in [0.2, 0.25) is 0 Å². The number of nitrogens with zero attached hydrogens (tertiary/aromatic N) is 1. The van der Waals surface area contributed by atoms with Crippen LogP contribution in [0.4, 0.5) is 5.69 Å². The van der Waals surface area contributed by atoms with Crippen molar-refractivity contribution in [1.29, 1.82) is 0 Å². The smallest absolute Gasteiger partial charge is 0.262 e. The molecule has 8 heteroatoms. The number of nitrogens with one attached hydrogen (secondary N) is 2. The molecular formula is C25H31N3O4S. The van der Waals surface area contributed by atoms with E-state index in [-0.39, 0.29) is 22.8 Å². The number of amides is 2. The lowest BCUT2D eigenvalue weighted by molar-refractivity contribution is -0.125. The molecule has 1 aliphatic heterocycles. The molecule has 0 bridgehead atoms. The molecule has 33 heavy (non-hydrogen) atoms. The van der Waals surface area contributed by atoms with Crippen molar-refractivity contribution in [2.45, 2.75) is 69.4 Å². The minimum atomic E-state index is -3.80. The molecule has 1 saturated carbocycles. The normalized spacial score (nSPS) is 19.0. The first-order valence-electron chi connectivity index (χ1n) is 11.6. The van der Waals surface area contributed by atoms with Crippen molar-refractivity contribution < 1.29 is 18.0 Å². The van der Waals surface area contributed by atoms with Crippen molar-refractivity contribution in [2.24, 2.45) is 0 Å². The van der Waals surface area contributed by atoms with Gasteiger partial charge in [0.15, 0.2) is 0 Å². The maximum Gasteiger partial charge on any atom is 0.262 e. The van der Waals surface area contributed by atoms with Gasteiger partial charge in [0.05, 0.1) is 4.90 Å². The molecule has 2 aromatic rings. The maximum atomic E-state index is 13.3. The Morgan fingerprint density at radius 2 is 1.73 bits per heavy atom. The predicted octanol–water partition coefficient (Wildman–Crippen LogP) is 3.77. The van der Waals surface area contributed by atoms with Gasteiger partial charge in [-0.1, -0.05) is 31.0 Å². The summed E-state index contributed by atoms with van der Waals surface area (Å²) in [5.74, 6) is -0.341. The number of rotatable bonds is 6. The fourth-order valence-electron chi connectivity index (χ4n) is 4.74. The highest BCUT2D eigenvalue weighted by Crippen LogP contribution is 2.25. The molecule has 0 unspecified atom stereocenters. The fraction of sp³-hybridized carbons (Fsp3) is 0.440. The summed E-state index contributed by atoms with van der Waals surface area (Å²) in [5.41, 5.74) is 2.17. The fourth-order valence-corrected chi connectivity index (χ4v) is 6.12. The summed E-state index contributed by atoms with van der Waals surface area (Å²) in [6, 6.07) is 11.5. The second-order valence-corrected chi connectivity index (χ2v) is 10.8. The van der Waals surface area contributed by atoms with Crippen LogP contribution in [0.5, 0.6) is 0 Å². The lowest BCUT2D eigenvalue weighted by Gasteiger charge is -2.25. The first-order chi connectivity index (χ1) is 15.7. The number of sulfonamides is 1. The number of benzene rings is 2. The van der Waals surface area contributed by atoms with Gasteiger partial charge in [-0.3, -0.25) is 14.3 Å². The Morgan fingerprint density at radius 1 is 0.970 bits per heavy atom. The molecule has 7 nitrogen and oxygen atoms in total. The Balaban J connectivity index is 1.50. The van der Waals surface area contributed by atoms with Gasteiger partial charge in [-0.25, -0.2) is 8.42 Å². The van der Waals surface area contributed by atoms with E-state index in [1.54, 1.807) is 42.2 Å². The molecule has 176 valence electrons. The number of carbonyl (C=O) groups is 2. The van der Waals surface area contributed by atoms with Gasteiger partial charge in [-0.05, 0) is 74.9 Å². The molecule has 2 fully saturated rings. The van der Waals surface area contributed by atoms with Crippen molar-refractivity contribution in [3.63, 3.8) is 0 Å². The lowest BCUT2D eigenvalue weighted by Crippen LogP contribution is -2.48. The van der Waals surface area contributed by atoms with Crippen LogP contribution in [0.3, 0.4) is 0 Å². The largest absolute Gasteiger partial charge is 0.352 e. The molecule has 0 aromatic heterocycles. The summed E-state index contributed by atoms with van der Waals surface area (Å²) in [7, 11) is -3.80. The van der Waals surface area contributed by atoms with E-state index in [2.05, 4.69) is 10.0 Å². The van der Waals surface area contributed by atoms with E-state index in [0.29, 0.717) is 29.8 Å². The average Bonchev–Trinajstić information content (AvgIpc) is 3.47. The van der Waals surface area contributed by atoms with Crippen LogP contribution >= 0.6 is 0 Å². The van der Waals surface area contributed by atoms with Crippen LogP contribution in [-0.2, 0) is 14.8 Å². The monoisotopic (exact) mass is 469 g/mol. The minimum absolute atomic E-state index is 0.0838. The second-order valence-electron chi connectivity index (χ2n) is 9.10. The number of hydrogen-bond donors (Lipinski definition) is 2. The summed E-state index contributed by atoms with van der Waals surface area (Å²) in [6.07, 6.45) is 5.66. The molecule has 1 aliphatic carbocycles. The van der Waals surface area contributed by atoms with Crippen molar-refractivity contribution >= 4 is 27.5 Å². The topological polar surface area (TPSA) is 95.6 Å². The Hall–Kier alpha value is -2.87. The first-order valence-corrected chi connectivity index (χ1v) is 13.0. The molecule has 2 amide bonds. The van der Waals surface area contributed by atoms with Crippen molar-refractivity contribution in [3.8, 4) is 0 Å². The molecule has 2 aromatic carbocycles. The predicted molar refractivity (Wildman–Crippen MR) is 128 cm³/mol. The summed E-state index contributed by atoms with van der Waals surface area (Å²) < 4.78 is 28.5. The summed E-state index contributed by atoms with van der Waals surface area (Å²) in [4.78, 5) is 27.9. The van der Waals surface area contributed by atoms with Gasteiger partial charge in [0.25, 0.3) is 15.9 Å². The third kappa shape index (κ3) is 5.21. The number of carbonyl (C=O) groups excluding carboxylic acids is 2. The van der Waals surface area contributed by atoms with E-state index in [0.717, 1.165) is 37.7 Å². The van der Waals surface area contributed by atoms with Crippen molar-refractivity contribution in [1.82, 2.24) is 10.2 Å². The SMILES string of the molecule is Cc1ccc(C)c(S(=O)(=O)Nc2cccc(C(=O)N3CCC[C@H]3C(=O)NC3CCCC3)c2)c1. The van der Waals surface area contributed by atoms with Crippen molar-refractivity contribution in [2.75, 3.05) is 11.3 Å². The van der Waals surface area contributed by atoms with Crippen LogP contribution in [-0.4, -0.2) is 43.8 Å². The Labute approximate surface area is 195 Å². The van der Waals surface area contributed by atoms with Crippen LogP contribution in [0.15, 0.2) is 47.4 Å². The zero-order valence-corrected chi connectivity index (χ0v) is 20.0. The van der Waals surface area contributed by atoms with E-state index in [4.69, 9.17) is 0 Å². The zero-order valence-electron chi connectivity index (χ0n) is 19.1. The second kappa shape index (κ2) is 9.55. The first kappa shape index (κ1) is 23.3. The zero-order chi connectivity index (χ0) is 23.6. The highest BCUT2D eigenvalue weighted by atomic mass is 32.2. The number of anilines is 1. The van der Waals surface area contributed by atoms with Gasteiger partial charge in [0, 0.05) is 23.8 Å². The van der Waals surface area contributed by atoms with E-state index < -0.39 is 16.1 Å². The summed E-state index contributed by atoms with van der Waals surface area (Å²) >= 11 is 0. The third-order valence-corrected chi connectivity index (χ3v) is 8.04. The molecule has 0 radical (unpaired) electrons. The van der Waals surface area contributed by atoms with Crippen molar-refractivity contribution in [3.05, 3.63) is 59.2 Å². The molecule has 2 N–H and O–H groups in total. The maximum absolute atomic E-state index is 13.3. The Morgan fingerprint density at radius 3 is 2.48 bits per heavy atom. The highest BCUT2D eigenvalue weighted by molar-refractivity contribution is 7.92. The minimum Gasteiger partial charge on any atom is -0.352 e. The van der Waals surface area contributed by atoms with Gasteiger partial charge in [-0.15, -0.1) is 0 Å². The summed E-state index contributed by atoms with van der Waals surface area (Å²) in [5, 5.41) is 3.10. The van der Waals surface area contributed by atoms with Gasteiger partial charge in [0.2, 0.25) is 5.91 Å². The highest BCUT2D eigenvalue weighted by Gasteiger charge is 2.35. The molecule has 1 saturated heterocycles. The van der Waals surface area contributed by atoms with Gasteiger partial charge in [0.1, 0.15) is 6.04 Å². The standard InChI is InChI=1S/C25H31N3O4S/c1-17-12-13-18(2)23(15-17)33(31,32)27-21-10-5-7-19(16-21)25(30)28-14-6-11-22(28)24(29)26-20-8-3-4-9-20/h5,7,10,12-13,15-16,20,22,27H,3-4,6,8-9,11,14H2,1-2H3,(H,26,29)/t22-/m0/s1. The number of aryl methyl sites for hydroxylation is 2. The van der Waals surface area contributed by atoms with Gasteiger partial charge < -0.3 is 10.2 Å². The average molecular weight is 470 g/mol. The van der Waals surface area contributed by atoms with Gasteiger partial charge in [-0.2, -0.15) is 0 Å². The molecule has 2 aliphatic rings. The van der Waals surface area contributed by atoms with Crippen LogP contribution in [0.1, 0.15) is 60.0 Å².